The molecule has 0 radical (unpaired) electrons. The van der Waals surface area contributed by atoms with Gasteiger partial charge in [-0.25, -0.2) is 0 Å². The highest BCUT2D eigenvalue weighted by atomic mass is 16.3. The molecule has 0 heterocycles. The third kappa shape index (κ3) is 2.69. The summed E-state index contributed by atoms with van der Waals surface area (Å²) in [7, 11) is 0. The fourth-order valence-electron chi connectivity index (χ4n) is 2.15. The zero-order chi connectivity index (χ0) is 10.6. The van der Waals surface area contributed by atoms with Gasteiger partial charge in [0, 0.05) is 20.0 Å². The summed E-state index contributed by atoms with van der Waals surface area (Å²) >= 11 is 0. The lowest BCUT2D eigenvalue weighted by Gasteiger charge is -2.36. The van der Waals surface area contributed by atoms with E-state index >= 15 is 0 Å². The summed E-state index contributed by atoms with van der Waals surface area (Å²) in [6.45, 7) is 2.55. The van der Waals surface area contributed by atoms with E-state index in [2.05, 4.69) is 0 Å². The maximum absolute atomic E-state index is 11.3. The van der Waals surface area contributed by atoms with Crippen LogP contribution in [0.2, 0.25) is 0 Å². The quantitative estimate of drug-likeness (QED) is 0.679. The molecule has 0 aliphatic heterocycles. The van der Waals surface area contributed by atoms with Gasteiger partial charge in [0.2, 0.25) is 5.91 Å². The first kappa shape index (κ1) is 11.5. The highest BCUT2D eigenvalue weighted by Gasteiger charge is 2.29. The van der Waals surface area contributed by atoms with Crippen molar-refractivity contribution in [3.63, 3.8) is 0 Å². The van der Waals surface area contributed by atoms with Crippen molar-refractivity contribution in [3.8, 4) is 0 Å². The van der Waals surface area contributed by atoms with Gasteiger partial charge >= 0.3 is 0 Å². The Hall–Kier alpha value is -0.610. The molecule has 2 atom stereocenters. The standard InChI is InChI=1S/C10H20N2O2/c1-8(13)12(7-6-11)9-4-2-3-5-10(9)14/h9-10,14H,2-7,11H2,1H3/t9-,10-/m1/s1. The molecule has 3 N–H and O–H groups in total. The minimum atomic E-state index is -0.362. The molecule has 1 amide bonds. The average Bonchev–Trinajstić information content (AvgIpc) is 2.15. The van der Waals surface area contributed by atoms with Crippen molar-refractivity contribution in [2.24, 2.45) is 5.73 Å². The normalized spacial score (nSPS) is 27.4. The van der Waals surface area contributed by atoms with Gasteiger partial charge < -0.3 is 15.7 Å². The van der Waals surface area contributed by atoms with Crippen LogP contribution in [-0.2, 0) is 4.79 Å². The van der Waals surface area contributed by atoms with Crippen LogP contribution in [0.1, 0.15) is 32.6 Å². The number of hydrogen-bond acceptors (Lipinski definition) is 3. The van der Waals surface area contributed by atoms with Gasteiger partial charge in [-0.3, -0.25) is 4.79 Å². The second-order valence-corrected chi connectivity index (χ2v) is 3.92. The number of hydrogen-bond donors (Lipinski definition) is 2. The van der Waals surface area contributed by atoms with E-state index in [0.29, 0.717) is 13.1 Å². The number of aliphatic hydroxyl groups excluding tert-OH is 1. The summed E-state index contributed by atoms with van der Waals surface area (Å²) < 4.78 is 0. The van der Waals surface area contributed by atoms with Crippen LogP contribution in [0.25, 0.3) is 0 Å². The van der Waals surface area contributed by atoms with Gasteiger partial charge in [0.15, 0.2) is 0 Å². The Morgan fingerprint density at radius 2 is 2.14 bits per heavy atom. The molecule has 1 saturated carbocycles. The summed E-state index contributed by atoms with van der Waals surface area (Å²) in [5.74, 6) is 0.0152. The Balaban J connectivity index is 2.60. The smallest absolute Gasteiger partial charge is 0.219 e. The Labute approximate surface area is 85.1 Å². The van der Waals surface area contributed by atoms with Gasteiger partial charge in [0.1, 0.15) is 0 Å². The van der Waals surface area contributed by atoms with Crippen molar-refractivity contribution < 1.29 is 9.90 Å². The number of nitrogens with zero attached hydrogens (tertiary/aromatic N) is 1. The van der Waals surface area contributed by atoms with Crippen LogP contribution in [0.3, 0.4) is 0 Å². The number of aliphatic hydroxyl groups is 1. The van der Waals surface area contributed by atoms with Crippen LogP contribution < -0.4 is 5.73 Å². The molecule has 0 spiro atoms. The van der Waals surface area contributed by atoms with Gasteiger partial charge in [-0.2, -0.15) is 0 Å². The lowest BCUT2D eigenvalue weighted by molar-refractivity contribution is -0.134. The summed E-state index contributed by atoms with van der Waals surface area (Å²) in [4.78, 5) is 13.1. The second kappa shape index (κ2) is 5.32. The third-order valence-corrected chi connectivity index (χ3v) is 2.87. The molecule has 4 heteroatoms. The van der Waals surface area contributed by atoms with Crippen LogP contribution in [0.15, 0.2) is 0 Å². The molecule has 0 bridgehead atoms. The zero-order valence-corrected chi connectivity index (χ0v) is 8.78. The molecule has 1 rings (SSSR count). The van der Waals surface area contributed by atoms with Crippen molar-refractivity contribution in [1.29, 1.82) is 0 Å². The van der Waals surface area contributed by atoms with Gasteiger partial charge in [-0.15, -0.1) is 0 Å². The SMILES string of the molecule is CC(=O)N(CCN)[C@@H]1CCCC[C@H]1O. The fourth-order valence-corrected chi connectivity index (χ4v) is 2.15. The van der Waals surface area contributed by atoms with Crippen LogP contribution in [0.5, 0.6) is 0 Å². The molecule has 0 aromatic rings. The fraction of sp³-hybridized carbons (Fsp3) is 0.900. The monoisotopic (exact) mass is 200 g/mol. The number of rotatable bonds is 3. The predicted molar refractivity (Wildman–Crippen MR) is 54.7 cm³/mol. The lowest BCUT2D eigenvalue weighted by atomic mass is 9.91. The molecule has 0 aromatic carbocycles. The molecule has 0 saturated heterocycles. The van der Waals surface area contributed by atoms with E-state index < -0.39 is 0 Å². The van der Waals surface area contributed by atoms with Gasteiger partial charge in [0.25, 0.3) is 0 Å². The maximum Gasteiger partial charge on any atom is 0.219 e. The predicted octanol–water partition coefficient (Wildman–Crippen LogP) is 0.0971. The van der Waals surface area contributed by atoms with E-state index in [1.165, 1.54) is 6.92 Å². The topological polar surface area (TPSA) is 66.6 Å². The van der Waals surface area contributed by atoms with Crippen molar-refractivity contribution in [2.45, 2.75) is 44.8 Å². The van der Waals surface area contributed by atoms with E-state index in [-0.39, 0.29) is 18.1 Å². The molecule has 1 fully saturated rings. The first-order valence-corrected chi connectivity index (χ1v) is 5.32. The second-order valence-electron chi connectivity index (χ2n) is 3.92. The van der Waals surface area contributed by atoms with Gasteiger partial charge in [-0.05, 0) is 12.8 Å². The molecule has 4 nitrogen and oxygen atoms in total. The summed E-state index contributed by atoms with van der Waals surface area (Å²) in [6, 6.07) is -0.00944. The van der Waals surface area contributed by atoms with Crippen molar-refractivity contribution in [2.75, 3.05) is 13.1 Å². The summed E-state index contributed by atoms with van der Waals surface area (Å²) in [5.41, 5.74) is 5.44. The number of amides is 1. The van der Waals surface area contributed by atoms with Crippen molar-refractivity contribution >= 4 is 5.91 Å². The Kier molecular flexibility index (Phi) is 4.35. The van der Waals surface area contributed by atoms with Gasteiger partial charge in [-0.1, -0.05) is 12.8 Å². The molecular weight excluding hydrogens is 180 g/mol. The van der Waals surface area contributed by atoms with E-state index in [1.54, 1.807) is 4.90 Å². The molecule has 1 aliphatic carbocycles. The van der Waals surface area contributed by atoms with Crippen LogP contribution in [-0.4, -0.2) is 41.1 Å². The average molecular weight is 200 g/mol. The molecule has 1 aliphatic rings. The third-order valence-electron chi connectivity index (χ3n) is 2.87. The summed E-state index contributed by atoms with van der Waals surface area (Å²) in [5, 5.41) is 9.78. The number of nitrogens with two attached hydrogens (primary N) is 1. The zero-order valence-electron chi connectivity index (χ0n) is 8.78. The molecule has 0 unspecified atom stereocenters. The molecule has 82 valence electrons. The van der Waals surface area contributed by atoms with Crippen LogP contribution in [0, 0.1) is 0 Å². The maximum atomic E-state index is 11.3. The van der Waals surface area contributed by atoms with Crippen molar-refractivity contribution in [3.05, 3.63) is 0 Å². The first-order chi connectivity index (χ1) is 6.66. The molecule has 0 aromatic heterocycles. The first-order valence-electron chi connectivity index (χ1n) is 5.32. The highest BCUT2D eigenvalue weighted by Crippen LogP contribution is 2.23. The van der Waals surface area contributed by atoms with E-state index in [0.717, 1.165) is 25.7 Å². The highest BCUT2D eigenvalue weighted by molar-refractivity contribution is 5.73. The lowest BCUT2D eigenvalue weighted by Crippen LogP contribution is -2.49. The Morgan fingerprint density at radius 1 is 1.50 bits per heavy atom. The van der Waals surface area contributed by atoms with Crippen LogP contribution in [0.4, 0.5) is 0 Å². The van der Waals surface area contributed by atoms with E-state index in [1.807, 2.05) is 0 Å². The van der Waals surface area contributed by atoms with Crippen molar-refractivity contribution in [1.82, 2.24) is 4.90 Å². The van der Waals surface area contributed by atoms with E-state index in [4.69, 9.17) is 5.73 Å². The summed E-state index contributed by atoms with van der Waals surface area (Å²) in [6.07, 6.45) is 3.50. The van der Waals surface area contributed by atoms with Gasteiger partial charge in [0.05, 0.1) is 12.1 Å². The molecule has 14 heavy (non-hydrogen) atoms. The Morgan fingerprint density at radius 3 is 2.64 bits per heavy atom. The minimum absolute atomic E-state index is 0.00944. The molecular formula is C10H20N2O2. The van der Waals surface area contributed by atoms with Crippen LogP contribution >= 0.6 is 0 Å². The minimum Gasteiger partial charge on any atom is -0.391 e. The van der Waals surface area contributed by atoms with E-state index in [9.17, 15) is 9.90 Å². The largest absolute Gasteiger partial charge is 0.391 e. The number of carbonyl (C=O) groups is 1. The number of carbonyl (C=O) groups excluding carboxylic acids is 1. The Bertz CT molecular complexity index is 197.